The van der Waals surface area contributed by atoms with Gasteiger partial charge in [-0.1, -0.05) is 166 Å². The predicted molar refractivity (Wildman–Crippen MR) is 230 cm³/mol. The lowest BCUT2D eigenvalue weighted by atomic mass is 9.81. The van der Waals surface area contributed by atoms with E-state index in [0.29, 0.717) is 0 Å². The van der Waals surface area contributed by atoms with Gasteiger partial charge in [0, 0.05) is 22.5 Å². The molecule has 0 bridgehead atoms. The van der Waals surface area contributed by atoms with Gasteiger partial charge in [-0.3, -0.25) is 0 Å². The van der Waals surface area contributed by atoms with Crippen LogP contribution in [0.1, 0.15) is 25.0 Å². The standard InChI is InChI=1S/C53H39N/c1-53(2)50-23-13-22-46(37-15-5-3-6-16-37)52(50)47-31-30-45(35-51(47)53)54(44-29-24-36-14-9-10-19-40(36)32-44)43-27-25-39(26-28-43)49-34-42-21-12-11-20-41(42)33-48(49)38-17-7-4-8-18-38/h3-35H,1-2H3. The molecule has 0 aliphatic heterocycles. The molecule has 0 N–H and O–H groups in total. The summed E-state index contributed by atoms with van der Waals surface area (Å²) in [6.07, 6.45) is 0. The Morgan fingerprint density at radius 2 is 0.815 bits per heavy atom. The molecular weight excluding hydrogens is 651 g/mol. The smallest absolute Gasteiger partial charge is 0.0468 e. The van der Waals surface area contributed by atoms with Gasteiger partial charge in [0.2, 0.25) is 0 Å². The second kappa shape index (κ2) is 12.8. The highest BCUT2D eigenvalue weighted by Crippen LogP contribution is 2.53. The first-order valence-corrected chi connectivity index (χ1v) is 18.8. The lowest BCUT2D eigenvalue weighted by molar-refractivity contribution is 0.660. The van der Waals surface area contributed by atoms with Gasteiger partial charge in [-0.15, -0.1) is 0 Å². The summed E-state index contributed by atoms with van der Waals surface area (Å²) in [7, 11) is 0. The number of benzene rings is 9. The van der Waals surface area contributed by atoms with Crippen LogP contribution in [0.5, 0.6) is 0 Å². The monoisotopic (exact) mass is 689 g/mol. The number of rotatable bonds is 6. The molecule has 0 saturated carbocycles. The quantitative estimate of drug-likeness (QED) is 0.168. The van der Waals surface area contributed by atoms with Crippen molar-refractivity contribution in [2.75, 3.05) is 4.90 Å². The van der Waals surface area contributed by atoms with E-state index >= 15 is 0 Å². The van der Waals surface area contributed by atoms with Gasteiger partial charge in [0.15, 0.2) is 0 Å². The second-order valence-electron chi connectivity index (χ2n) is 15.0. The van der Waals surface area contributed by atoms with Crippen molar-refractivity contribution in [2.45, 2.75) is 19.3 Å². The molecule has 54 heavy (non-hydrogen) atoms. The molecule has 1 nitrogen and oxygen atoms in total. The molecule has 0 unspecified atom stereocenters. The third-order valence-corrected chi connectivity index (χ3v) is 11.4. The lowest BCUT2D eigenvalue weighted by Gasteiger charge is -2.28. The fraction of sp³-hybridized carbons (Fsp3) is 0.0566. The molecule has 0 fully saturated rings. The van der Waals surface area contributed by atoms with E-state index < -0.39 is 0 Å². The van der Waals surface area contributed by atoms with Crippen molar-refractivity contribution >= 4 is 38.6 Å². The van der Waals surface area contributed by atoms with Gasteiger partial charge in [-0.2, -0.15) is 0 Å². The Labute approximate surface area is 317 Å². The van der Waals surface area contributed by atoms with Crippen molar-refractivity contribution in [3.63, 3.8) is 0 Å². The number of nitrogens with zero attached hydrogens (tertiary/aromatic N) is 1. The minimum Gasteiger partial charge on any atom is -0.310 e. The Bertz CT molecular complexity index is 2830. The van der Waals surface area contributed by atoms with Crippen molar-refractivity contribution in [1.82, 2.24) is 0 Å². The molecule has 0 aromatic heterocycles. The molecule has 1 heteroatoms. The zero-order valence-corrected chi connectivity index (χ0v) is 30.5. The van der Waals surface area contributed by atoms with Crippen LogP contribution in [0.2, 0.25) is 0 Å². The summed E-state index contributed by atoms with van der Waals surface area (Å²) in [4.78, 5) is 2.42. The van der Waals surface area contributed by atoms with E-state index in [2.05, 4.69) is 219 Å². The van der Waals surface area contributed by atoms with Crippen LogP contribution in [0.15, 0.2) is 200 Å². The molecule has 0 saturated heterocycles. The second-order valence-corrected chi connectivity index (χ2v) is 15.0. The average molecular weight is 690 g/mol. The van der Waals surface area contributed by atoms with E-state index in [1.165, 1.54) is 77.2 Å². The van der Waals surface area contributed by atoms with Crippen LogP contribution in [0, 0.1) is 0 Å². The highest BCUT2D eigenvalue weighted by Gasteiger charge is 2.37. The number of hydrogen-bond donors (Lipinski definition) is 0. The minimum atomic E-state index is -0.158. The molecule has 9 aromatic rings. The van der Waals surface area contributed by atoms with E-state index in [4.69, 9.17) is 0 Å². The van der Waals surface area contributed by atoms with Crippen molar-refractivity contribution in [3.8, 4) is 44.5 Å². The lowest BCUT2D eigenvalue weighted by Crippen LogP contribution is -2.16. The largest absolute Gasteiger partial charge is 0.310 e. The van der Waals surface area contributed by atoms with Gasteiger partial charge in [-0.25, -0.2) is 0 Å². The summed E-state index contributed by atoms with van der Waals surface area (Å²) in [5, 5.41) is 4.95. The molecule has 0 spiro atoms. The van der Waals surface area contributed by atoms with Crippen molar-refractivity contribution in [3.05, 3.63) is 211 Å². The molecular formula is C53H39N. The van der Waals surface area contributed by atoms with Gasteiger partial charge in [0.25, 0.3) is 0 Å². The molecule has 0 atom stereocenters. The topological polar surface area (TPSA) is 3.24 Å². The van der Waals surface area contributed by atoms with Crippen LogP contribution in [-0.4, -0.2) is 0 Å². The number of hydrogen-bond acceptors (Lipinski definition) is 1. The highest BCUT2D eigenvalue weighted by molar-refractivity contribution is 5.98. The molecule has 10 rings (SSSR count). The molecule has 1 aliphatic rings. The first-order valence-electron chi connectivity index (χ1n) is 18.8. The summed E-state index contributed by atoms with van der Waals surface area (Å²) < 4.78 is 0. The summed E-state index contributed by atoms with van der Waals surface area (Å²) in [5.41, 5.74) is 16.1. The average Bonchev–Trinajstić information content (AvgIpc) is 3.46. The van der Waals surface area contributed by atoms with Gasteiger partial charge in [0.05, 0.1) is 0 Å². The Morgan fingerprint density at radius 3 is 1.46 bits per heavy atom. The van der Waals surface area contributed by atoms with Crippen LogP contribution in [0.4, 0.5) is 17.1 Å². The molecule has 0 amide bonds. The van der Waals surface area contributed by atoms with Crippen molar-refractivity contribution in [2.24, 2.45) is 0 Å². The Morgan fingerprint density at radius 1 is 0.315 bits per heavy atom. The zero-order chi connectivity index (χ0) is 36.2. The first-order chi connectivity index (χ1) is 26.5. The molecule has 0 heterocycles. The maximum atomic E-state index is 2.43. The van der Waals surface area contributed by atoms with Gasteiger partial charge in [0.1, 0.15) is 0 Å². The van der Waals surface area contributed by atoms with E-state index in [-0.39, 0.29) is 5.41 Å². The Hall–Kier alpha value is -6.70. The third kappa shape index (κ3) is 5.32. The SMILES string of the molecule is CC1(C)c2cc(N(c3ccc(-c4cc5ccccc5cc4-c4ccccc4)cc3)c3ccc4ccccc4c3)ccc2-c2c(-c3ccccc3)cccc21. The van der Waals surface area contributed by atoms with E-state index in [9.17, 15) is 0 Å². The van der Waals surface area contributed by atoms with E-state index in [1.807, 2.05) is 0 Å². The summed E-state index contributed by atoms with van der Waals surface area (Å²) in [5.74, 6) is 0. The highest BCUT2D eigenvalue weighted by atomic mass is 15.1. The molecule has 256 valence electrons. The van der Waals surface area contributed by atoms with Crippen molar-refractivity contribution in [1.29, 1.82) is 0 Å². The molecule has 1 aliphatic carbocycles. The first kappa shape index (κ1) is 32.0. The van der Waals surface area contributed by atoms with E-state index in [1.54, 1.807) is 0 Å². The maximum absolute atomic E-state index is 2.43. The fourth-order valence-electron chi connectivity index (χ4n) is 8.66. The van der Waals surface area contributed by atoms with Gasteiger partial charge >= 0.3 is 0 Å². The van der Waals surface area contributed by atoms with Crippen LogP contribution in [-0.2, 0) is 5.41 Å². The zero-order valence-electron chi connectivity index (χ0n) is 30.5. The summed E-state index contributed by atoms with van der Waals surface area (Å²) >= 11 is 0. The normalized spacial score (nSPS) is 12.8. The van der Waals surface area contributed by atoms with Crippen LogP contribution in [0.25, 0.3) is 66.1 Å². The van der Waals surface area contributed by atoms with E-state index in [0.717, 1.165) is 17.1 Å². The van der Waals surface area contributed by atoms with Crippen molar-refractivity contribution < 1.29 is 0 Å². The van der Waals surface area contributed by atoms with Crippen LogP contribution < -0.4 is 4.90 Å². The third-order valence-electron chi connectivity index (χ3n) is 11.4. The van der Waals surface area contributed by atoms with Crippen LogP contribution >= 0.6 is 0 Å². The van der Waals surface area contributed by atoms with Gasteiger partial charge in [-0.05, 0) is 126 Å². The maximum Gasteiger partial charge on any atom is 0.0468 e. The number of anilines is 3. The van der Waals surface area contributed by atoms with Gasteiger partial charge < -0.3 is 4.90 Å². The Balaban J connectivity index is 1.12. The minimum absolute atomic E-state index is 0.158. The number of fused-ring (bicyclic) bond motifs is 5. The summed E-state index contributed by atoms with van der Waals surface area (Å²) in [6, 6.07) is 73.4. The van der Waals surface area contributed by atoms with Crippen LogP contribution in [0.3, 0.4) is 0 Å². The summed E-state index contributed by atoms with van der Waals surface area (Å²) in [6.45, 7) is 4.75. The molecule has 9 aromatic carbocycles. The predicted octanol–water partition coefficient (Wildman–Crippen LogP) is 14.8. The molecule has 0 radical (unpaired) electrons. The fourth-order valence-corrected chi connectivity index (χ4v) is 8.66. The Kier molecular flexibility index (Phi) is 7.56.